The van der Waals surface area contributed by atoms with Crippen LogP contribution in [0.5, 0.6) is 0 Å². The summed E-state index contributed by atoms with van der Waals surface area (Å²) in [5.41, 5.74) is 7.43. The predicted molar refractivity (Wildman–Crippen MR) is 59.9 cm³/mol. The average Bonchev–Trinajstić information content (AvgIpc) is 2.49. The zero-order valence-electron chi connectivity index (χ0n) is 8.46. The molecule has 1 heterocycles. The Bertz CT molecular complexity index is 326. The highest BCUT2D eigenvalue weighted by Crippen LogP contribution is 2.37. The van der Waals surface area contributed by atoms with E-state index in [1.54, 1.807) is 0 Å². The fourth-order valence-corrected chi connectivity index (χ4v) is 2.80. The van der Waals surface area contributed by atoms with Gasteiger partial charge in [-0.05, 0) is 28.8 Å². The van der Waals surface area contributed by atoms with Crippen molar-refractivity contribution in [2.24, 2.45) is 12.8 Å². The molecule has 0 spiro atoms. The van der Waals surface area contributed by atoms with E-state index >= 15 is 0 Å². The van der Waals surface area contributed by atoms with Crippen LogP contribution < -0.4 is 5.73 Å². The molecule has 4 heteroatoms. The van der Waals surface area contributed by atoms with E-state index in [2.05, 4.69) is 21.0 Å². The minimum atomic E-state index is -0.147. The summed E-state index contributed by atoms with van der Waals surface area (Å²) in [5.74, 6) is 0. The first-order valence-corrected chi connectivity index (χ1v) is 5.90. The highest BCUT2D eigenvalue weighted by atomic mass is 79.9. The van der Waals surface area contributed by atoms with Crippen LogP contribution in [-0.4, -0.2) is 9.78 Å². The van der Waals surface area contributed by atoms with Crippen molar-refractivity contribution in [3.8, 4) is 0 Å². The van der Waals surface area contributed by atoms with Crippen molar-refractivity contribution >= 4 is 15.9 Å². The lowest BCUT2D eigenvalue weighted by Crippen LogP contribution is -2.38. The lowest BCUT2D eigenvalue weighted by Gasteiger charge is -2.33. The number of hydrogen-bond acceptors (Lipinski definition) is 2. The van der Waals surface area contributed by atoms with E-state index < -0.39 is 0 Å². The molecular weight excluding hydrogens is 242 g/mol. The molecule has 1 fully saturated rings. The zero-order chi connectivity index (χ0) is 10.2. The third-order valence-corrected chi connectivity index (χ3v) is 4.09. The molecule has 0 amide bonds. The zero-order valence-corrected chi connectivity index (χ0v) is 10.0. The van der Waals surface area contributed by atoms with Gasteiger partial charge in [0.05, 0.1) is 6.20 Å². The Morgan fingerprint density at radius 3 is 2.57 bits per heavy atom. The van der Waals surface area contributed by atoms with Gasteiger partial charge in [0.25, 0.3) is 0 Å². The predicted octanol–water partition coefficient (Wildman–Crippen LogP) is 2.30. The Morgan fingerprint density at radius 1 is 1.43 bits per heavy atom. The number of halogens is 1. The van der Waals surface area contributed by atoms with Crippen molar-refractivity contribution in [3.63, 3.8) is 0 Å². The maximum Gasteiger partial charge on any atom is 0.108 e. The summed E-state index contributed by atoms with van der Waals surface area (Å²) in [4.78, 5) is 0. The van der Waals surface area contributed by atoms with Gasteiger partial charge in [-0.3, -0.25) is 4.68 Å². The summed E-state index contributed by atoms with van der Waals surface area (Å²) in [6.45, 7) is 0. The van der Waals surface area contributed by atoms with Gasteiger partial charge in [-0.25, -0.2) is 0 Å². The van der Waals surface area contributed by atoms with Crippen LogP contribution >= 0.6 is 15.9 Å². The van der Waals surface area contributed by atoms with Crippen LogP contribution in [0.25, 0.3) is 0 Å². The standard InChI is InChI=1S/C10H16BrN3/c1-14-9(11)8(7-13-14)10(12)5-3-2-4-6-10/h7H,2-6,12H2,1H3. The SMILES string of the molecule is Cn1ncc(C2(N)CCCCC2)c1Br. The van der Waals surface area contributed by atoms with Crippen molar-refractivity contribution in [2.75, 3.05) is 0 Å². The molecule has 0 atom stereocenters. The molecule has 0 saturated heterocycles. The molecule has 14 heavy (non-hydrogen) atoms. The van der Waals surface area contributed by atoms with E-state index in [9.17, 15) is 0 Å². The van der Waals surface area contributed by atoms with Gasteiger partial charge in [-0.15, -0.1) is 0 Å². The molecule has 2 N–H and O–H groups in total. The van der Waals surface area contributed by atoms with Crippen LogP contribution in [0.1, 0.15) is 37.7 Å². The second kappa shape index (κ2) is 3.66. The highest BCUT2D eigenvalue weighted by Gasteiger charge is 2.32. The maximum atomic E-state index is 6.41. The molecule has 0 radical (unpaired) electrons. The van der Waals surface area contributed by atoms with Crippen LogP contribution in [0.3, 0.4) is 0 Å². The molecule has 2 rings (SSSR count). The van der Waals surface area contributed by atoms with Crippen molar-refractivity contribution in [1.82, 2.24) is 9.78 Å². The van der Waals surface area contributed by atoms with E-state index in [0.29, 0.717) is 0 Å². The minimum Gasteiger partial charge on any atom is -0.321 e. The Kier molecular flexibility index (Phi) is 2.66. The van der Waals surface area contributed by atoms with Gasteiger partial charge < -0.3 is 5.73 Å². The number of hydrogen-bond donors (Lipinski definition) is 1. The number of nitrogens with two attached hydrogens (primary N) is 1. The Hall–Kier alpha value is -0.350. The number of rotatable bonds is 1. The number of aromatic nitrogens is 2. The first kappa shape index (κ1) is 10.2. The fourth-order valence-electron chi connectivity index (χ4n) is 2.21. The van der Waals surface area contributed by atoms with Gasteiger partial charge in [0.2, 0.25) is 0 Å². The van der Waals surface area contributed by atoms with E-state index in [4.69, 9.17) is 5.73 Å². The molecule has 0 bridgehead atoms. The van der Waals surface area contributed by atoms with Crippen molar-refractivity contribution in [1.29, 1.82) is 0 Å². The topological polar surface area (TPSA) is 43.8 Å². The van der Waals surface area contributed by atoms with Crippen molar-refractivity contribution in [2.45, 2.75) is 37.6 Å². The smallest absolute Gasteiger partial charge is 0.108 e. The molecule has 0 unspecified atom stereocenters. The molecule has 1 aromatic heterocycles. The van der Waals surface area contributed by atoms with Gasteiger partial charge in [-0.1, -0.05) is 19.3 Å². The van der Waals surface area contributed by atoms with E-state index in [1.807, 2.05) is 17.9 Å². The van der Waals surface area contributed by atoms with Crippen LogP contribution in [-0.2, 0) is 12.6 Å². The largest absolute Gasteiger partial charge is 0.321 e. The van der Waals surface area contributed by atoms with Crippen molar-refractivity contribution in [3.05, 3.63) is 16.4 Å². The summed E-state index contributed by atoms with van der Waals surface area (Å²) in [5, 5.41) is 4.23. The summed E-state index contributed by atoms with van der Waals surface area (Å²) < 4.78 is 2.86. The van der Waals surface area contributed by atoms with E-state index in [1.165, 1.54) is 24.8 Å². The summed E-state index contributed by atoms with van der Waals surface area (Å²) in [6, 6.07) is 0. The second-order valence-electron chi connectivity index (χ2n) is 4.19. The first-order valence-electron chi connectivity index (χ1n) is 5.10. The van der Waals surface area contributed by atoms with Crippen LogP contribution in [0, 0.1) is 0 Å². The molecular formula is C10H16BrN3. The Morgan fingerprint density at radius 2 is 2.07 bits per heavy atom. The van der Waals surface area contributed by atoms with Crippen LogP contribution in [0.15, 0.2) is 10.8 Å². The third-order valence-electron chi connectivity index (χ3n) is 3.15. The minimum absolute atomic E-state index is 0.147. The first-order chi connectivity index (χ1) is 6.63. The molecule has 1 saturated carbocycles. The highest BCUT2D eigenvalue weighted by molar-refractivity contribution is 9.10. The lowest BCUT2D eigenvalue weighted by atomic mass is 9.79. The van der Waals surface area contributed by atoms with Crippen LogP contribution in [0.2, 0.25) is 0 Å². The lowest BCUT2D eigenvalue weighted by molar-refractivity contribution is 0.301. The summed E-state index contributed by atoms with van der Waals surface area (Å²) in [6.07, 6.45) is 7.84. The van der Waals surface area contributed by atoms with Gasteiger partial charge >= 0.3 is 0 Å². The summed E-state index contributed by atoms with van der Waals surface area (Å²) >= 11 is 3.54. The maximum absolute atomic E-state index is 6.41. The molecule has 0 aromatic carbocycles. The number of nitrogens with zero attached hydrogens (tertiary/aromatic N) is 2. The summed E-state index contributed by atoms with van der Waals surface area (Å²) in [7, 11) is 1.93. The fraction of sp³-hybridized carbons (Fsp3) is 0.700. The van der Waals surface area contributed by atoms with E-state index in [-0.39, 0.29) is 5.54 Å². The van der Waals surface area contributed by atoms with Gasteiger partial charge in [0, 0.05) is 18.2 Å². The van der Waals surface area contributed by atoms with Gasteiger partial charge in [0.15, 0.2) is 0 Å². The molecule has 78 valence electrons. The van der Waals surface area contributed by atoms with Crippen LogP contribution in [0.4, 0.5) is 0 Å². The monoisotopic (exact) mass is 257 g/mol. The van der Waals surface area contributed by atoms with Crippen molar-refractivity contribution < 1.29 is 0 Å². The average molecular weight is 258 g/mol. The van der Waals surface area contributed by atoms with Gasteiger partial charge in [-0.2, -0.15) is 5.10 Å². The Balaban J connectivity index is 2.32. The molecule has 0 aliphatic heterocycles. The van der Waals surface area contributed by atoms with E-state index in [0.717, 1.165) is 17.4 Å². The molecule has 1 aliphatic carbocycles. The van der Waals surface area contributed by atoms with Gasteiger partial charge in [0.1, 0.15) is 4.60 Å². The molecule has 1 aliphatic rings. The Labute approximate surface area is 92.8 Å². The quantitative estimate of drug-likeness (QED) is 0.839. The second-order valence-corrected chi connectivity index (χ2v) is 4.94. The number of aryl methyl sites for hydroxylation is 1. The molecule has 1 aromatic rings. The molecule has 3 nitrogen and oxygen atoms in total. The third kappa shape index (κ3) is 1.61. The normalized spacial score (nSPS) is 21.1.